The third kappa shape index (κ3) is 4.87. The summed E-state index contributed by atoms with van der Waals surface area (Å²) in [5.74, 6) is 0.397. The number of aliphatic hydroxyl groups excluding tert-OH is 1. The van der Waals surface area contributed by atoms with Crippen molar-refractivity contribution in [1.29, 1.82) is 0 Å². The Labute approximate surface area is 129 Å². The first-order chi connectivity index (χ1) is 10.5. The molecule has 0 aliphatic heterocycles. The molecule has 0 heterocycles. The van der Waals surface area contributed by atoms with Gasteiger partial charge in [0.05, 0.1) is 25.3 Å². The van der Waals surface area contributed by atoms with Gasteiger partial charge in [-0.25, -0.2) is 9.18 Å². The molecule has 1 saturated carbocycles. The Hall–Kier alpha value is -1.82. The molecule has 0 aromatic heterocycles. The van der Waals surface area contributed by atoms with E-state index < -0.39 is 11.8 Å². The van der Waals surface area contributed by atoms with E-state index in [9.17, 15) is 9.18 Å². The summed E-state index contributed by atoms with van der Waals surface area (Å²) in [5, 5.41) is 14.2. The number of hydrogen-bond donors (Lipinski definition) is 3. The van der Waals surface area contributed by atoms with E-state index in [1.54, 1.807) is 26.0 Å². The lowest BCUT2D eigenvalue weighted by Gasteiger charge is -2.18. The van der Waals surface area contributed by atoms with Crippen LogP contribution < -0.4 is 15.4 Å². The summed E-state index contributed by atoms with van der Waals surface area (Å²) in [6.07, 6.45) is 2.31. The Morgan fingerprint density at radius 2 is 2.14 bits per heavy atom. The van der Waals surface area contributed by atoms with Crippen LogP contribution >= 0.6 is 0 Å². The number of carbonyl (C=O) groups excluding carboxylic acids is 1. The molecule has 3 N–H and O–H groups in total. The first-order valence-corrected chi connectivity index (χ1v) is 7.59. The number of carbonyl (C=O) groups is 1. The fourth-order valence-electron chi connectivity index (χ4n) is 1.99. The van der Waals surface area contributed by atoms with Gasteiger partial charge in [0.2, 0.25) is 0 Å². The standard InChI is InChI=1S/C16H23FN2O3/c1-10(8-20)18-16(21)19-11(2)13-5-6-15(14(17)7-13)22-9-12-3-4-12/h5-7,10-12,20H,3-4,8-9H2,1-2H3,(H2,18,19,21). The predicted octanol–water partition coefficient (Wildman–Crippen LogP) is 2.36. The maximum atomic E-state index is 14.0. The quantitative estimate of drug-likeness (QED) is 0.724. The third-order valence-corrected chi connectivity index (χ3v) is 3.63. The normalized spacial score (nSPS) is 16.7. The van der Waals surface area contributed by atoms with E-state index in [1.165, 1.54) is 6.07 Å². The van der Waals surface area contributed by atoms with E-state index in [0.717, 1.165) is 12.8 Å². The Balaban J connectivity index is 1.90. The van der Waals surface area contributed by atoms with Gasteiger partial charge in [0.15, 0.2) is 11.6 Å². The van der Waals surface area contributed by atoms with Crippen molar-refractivity contribution in [3.63, 3.8) is 0 Å². The van der Waals surface area contributed by atoms with Crippen LogP contribution in [0.1, 0.15) is 38.3 Å². The zero-order valence-electron chi connectivity index (χ0n) is 12.9. The summed E-state index contributed by atoms with van der Waals surface area (Å²) in [6, 6.07) is 3.64. The van der Waals surface area contributed by atoms with Crippen LogP contribution in [-0.2, 0) is 0 Å². The van der Waals surface area contributed by atoms with Gasteiger partial charge >= 0.3 is 6.03 Å². The van der Waals surface area contributed by atoms with Gasteiger partial charge in [-0.15, -0.1) is 0 Å². The lowest BCUT2D eigenvalue weighted by Crippen LogP contribution is -2.43. The minimum Gasteiger partial charge on any atom is -0.490 e. The van der Waals surface area contributed by atoms with E-state index in [1.807, 2.05) is 0 Å². The number of urea groups is 1. The van der Waals surface area contributed by atoms with Crippen LogP contribution in [0.2, 0.25) is 0 Å². The lowest BCUT2D eigenvalue weighted by molar-refractivity contribution is 0.218. The number of benzene rings is 1. The van der Waals surface area contributed by atoms with Gasteiger partial charge in [0.1, 0.15) is 0 Å². The second kappa shape index (κ2) is 7.45. The molecule has 0 bridgehead atoms. The Morgan fingerprint density at radius 1 is 1.41 bits per heavy atom. The largest absolute Gasteiger partial charge is 0.490 e. The molecular weight excluding hydrogens is 287 g/mol. The Bertz CT molecular complexity index is 520. The average Bonchev–Trinajstić information content (AvgIpc) is 3.29. The minimum atomic E-state index is -0.420. The molecule has 0 saturated heterocycles. The van der Waals surface area contributed by atoms with Crippen LogP contribution in [0.4, 0.5) is 9.18 Å². The zero-order chi connectivity index (χ0) is 16.1. The van der Waals surface area contributed by atoms with Crippen molar-refractivity contribution in [2.45, 2.75) is 38.8 Å². The van der Waals surface area contributed by atoms with Gasteiger partial charge < -0.3 is 20.5 Å². The molecule has 0 radical (unpaired) electrons. The highest BCUT2D eigenvalue weighted by atomic mass is 19.1. The van der Waals surface area contributed by atoms with Crippen molar-refractivity contribution < 1.29 is 19.0 Å². The molecule has 1 aliphatic rings. The number of ether oxygens (including phenoxy) is 1. The second-order valence-corrected chi connectivity index (χ2v) is 5.87. The van der Waals surface area contributed by atoms with E-state index in [-0.39, 0.29) is 24.4 Å². The van der Waals surface area contributed by atoms with Gasteiger partial charge in [0.25, 0.3) is 0 Å². The van der Waals surface area contributed by atoms with E-state index in [4.69, 9.17) is 9.84 Å². The molecule has 6 heteroatoms. The molecule has 122 valence electrons. The summed E-state index contributed by atoms with van der Waals surface area (Å²) in [7, 11) is 0. The van der Waals surface area contributed by atoms with Gasteiger partial charge in [0, 0.05) is 0 Å². The summed E-state index contributed by atoms with van der Waals surface area (Å²) in [6.45, 7) is 3.88. The van der Waals surface area contributed by atoms with Crippen LogP contribution in [0.3, 0.4) is 0 Å². The summed E-state index contributed by atoms with van der Waals surface area (Å²) in [4.78, 5) is 11.7. The maximum Gasteiger partial charge on any atom is 0.315 e. The van der Waals surface area contributed by atoms with Crippen LogP contribution in [0.5, 0.6) is 5.75 Å². The number of nitrogens with one attached hydrogen (secondary N) is 2. The molecule has 2 amide bonds. The molecule has 0 spiro atoms. The highest BCUT2D eigenvalue weighted by Gasteiger charge is 2.22. The number of amides is 2. The van der Waals surface area contributed by atoms with Gasteiger partial charge in [-0.3, -0.25) is 0 Å². The smallest absolute Gasteiger partial charge is 0.315 e. The molecule has 1 fully saturated rings. The minimum absolute atomic E-state index is 0.135. The van der Waals surface area contributed by atoms with Crippen molar-refractivity contribution in [3.05, 3.63) is 29.6 Å². The van der Waals surface area contributed by atoms with Gasteiger partial charge in [-0.1, -0.05) is 6.07 Å². The number of aliphatic hydroxyl groups is 1. The topological polar surface area (TPSA) is 70.6 Å². The molecule has 1 aromatic carbocycles. The van der Waals surface area contributed by atoms with Crippen molar-refractivity contribution in [2.75, 3.05) is 13.2 Å². The zero-order valence-corrected chi connectivity index (χ0v) is 12.9. The van der Waals surface area contributed by atoms with Crippen molar-refractivity contribution in [1.82, 2.24) is 10.6 Å². The lowest BCUT2D eigenvalue weighted by atomic mass is 10.1. The molecule has 2 rings (SSSR count). The van der Waals surface area contributed by atoms with Gasteiger partial charge in [-0.2, -0.15) is 0 Å². The summed E-state index contributed by atoms with van der Waals surface area (Å²) < 4.78 is 19.4. The average molecular weight is 310 g/mol. The molecular formula is C16H23FN2O3. The highest BCUT2D eigenvalue weighted by Crippen LogP contribution is 2.30. The van der Waals surface area contributed by atoms with E-state index in [0.29, 0.717) is 18.1 Å². The monoisotopic (exact) mass is 310 g/mol. The van der Waals surface area contributed by atoms with Crippen LogP contribution in [-0.4, -0.2) is 30.4 Å². The molecule has 2 unspecified atom stereocenters. The number of hydrogen-bond acceptors (Lipinski definition) is 3. The molecule has 1 aliphatic carbocycles. The molecule has 1 aromatic rings. The number of rotatable bonds is 7. The first kappa shape index (κ1) is 16.5. The second-order valence-electron chi connectivity index (χ2n) is 5.87. The van der Waals surface area contributed by atoms with Crippen molar-refractivity contribution in [2.24, 2.45) is 5.92 Å². The fraction of sp³-hybridized carbons (Fsp3) is 0.562. The van der Waals surface area contributed by atoms with Crippen LogP contribution in [0.15, 0.2) is 18.2 Å². The van der Waals surface area contributed by atoms with Crippen molar-refractivity contribution >= 4 is 6.03 Å². The molecule has 5 nitrogen and oxygen atoms in total. The van der Waals surface area contributed by atoms with Crippen LogP contribution in [0.25, 0.3) is 0 Å². The molecule has 22 heavy (non-hydrogen) atoms. The summed E-state index contributed by atoms with van der Waals surface area (Å²) >= 11 is 0. The fourth-order valence-corrected chi connectivity index (χ4v) is 1.99. The highest BCUT2D eigenvalue weighted by molar-refractivity contribution is 5.74. The maximum absolute atomic E-state index is 14.0. The SMILES string of the molecule is CC(CO)NC(=O)NC(C)c1ccc(OCC2CC2)c(F)c1. The van der Waals surface area contributed by atoms with Gasteiger partial charge in [-0.05, 0) is 50.3 Å². The number of halogens is 1. The Kier molecular flexibility index (Phi) is 5.60. The van der Waals surface area contributed by atoms with Crippen LogP contribution in [0, 0.1) is 11.7 Å². The molecule has 2 atom stereocenters. The Morgan fingerprint density at radius 3 is 2.73 bits per heavy atom. The predicted molar refractivity (Wildman–Crippen MR) is 81.2 cm³/mol. The van der Waals surface area contributed by atoms with E-state index in [2.05, 4.69) is 10.6 Å². The first-order valence-electron chi connectivity index (χ1n) is 7.59. The van der Waals surface area contributed by atoms with Crippen molar-refractivity contribution in [3.8, 4) is 5.75 Å². The summed E-state index contributed by atoms with van der Waals surface area (Å²) in [5.41, 5.74) is 0.656. The van der Waals surface area contributed by atoms with E-state index >= 15 is 0 Å². The third-order valence-electron chi connectivity index (χ3n) is 3.63.